The first kappa shape index (κ1) is 13.8. The van der Waals surface area contributed by atoms with Gasteiger partial charge in [-0.3, -0.25) is 0 Å². The van der Waals surface area contributed by atoms with Crippen molar-refractivity contribution in [3.8, 4) is 0 Å². The number of thiophene rings is 1. The molecular formula is C9H12BrClN2O2S2. The van der Waals surface area contributed by atoms with Crippen LogP contribution in [0.5, 0.6) is 0 Å². The molecule has 1 aliphatic heterocycles. The van der Waals surface area contributed by atoms with Crippen LogP contribution in [0.3, 0.4) is 0 Å². The van der Waals surface area contributed by atoms with Gasteiger partial charge in [0.1, 0.15) is 4.21 Å². The standard InChI is InChI=1S/C9H12BrClN2O2S2/c10-9-7(11)4-8(16-9)17(14,15)13-6-2-1-3-12-5-6/h4,6,12-13H,1-3,5H2. The average Bonchev–Trinajstić information content (AvgIpc) is 2.61. The summed E-state index contributed by atoms with van der Waals surface area (Å²) in [6.45, 7) is 1.63. The van der Waals surface area contributed by atoms with Crippen molar-refractivity contribution in [2.24, 2.45) is 0 Å². The first-order valence-corrected chi connectivity index (χ1v) is 8.64. The van der Waals surface area contributed by atoms with Gasteiger partial charge in [0.2, 0.25) is 10.0 Å². The summed E-state index contributed by atoms with van der Waals surface area (Å²) in [6.07, 6.45) is 1.86. The fourth-order valence-corrected chi connectivity index (χ4v) is 5.37. The molecule has 8 heteroatoms. The number of piperidine rings is 1. The summed E-state index contributed by atoms with van der Waals surface area (Å²) in [5.41, 5.74) is 0. The van der Waals surface area contributed by atoms with Gasteiger partial charge in [0.15, 0.2) is 0 Å². The predicted octanol–water partition coefficient (Wildman–Crippen LogP) is 2.19. The maximum Gasteiger partial charge on any atom is 0.250 e. The highest BCUT2D eigenvalue weighted by Gasteiger charge is 2.24. The molecule has 1 aromatic heterocycles. The molecule has 4 nitrogen and oxygen atoms in total. The summed E-state index contributed by atoms with van der Waals surface area (Å²) in [5, 5.41) is 3.59. The van der Waals surface area contributed by atoms with Crippen molar-refractivity contribution in [1.29, 1.82) is 0 Å². The summed E-state index contributed by atoms with van der Waals surface area (Å²) in [4.78, 5) is 0. The fourth-order valence-electron chi connectivity index (χ4n) is 1.69. The Balaban J connectivity index is 2.12. The SMILES string of the molecule is O=S(=O)(NC1CCCNC1)c1cc(Cl)c(Br)s1. The second-order valence-corrected chi connectivity index (χ2v) is 8.57. The first-order valence-electron chi connectivity index (χ1n) is 5.17. The molecule has 0 aromatic carbocycles. The van der Waals surface area contributed by atoms with Gasteiger partial charge in [0, 0.05) is 12.6 Å². The van der Waals surface area contributed by atoms with Crippen LogP contribution in [-0.4, -0.2) is 27.5 Å². The predicted molar refractivity (Wildman–Crippen MR) is 73.2 cm³/mol. The van der Waals surface area contributed by atoms with E-state index in [-0.39, 0.29) is 10.3 Å². The second-order valence-electron chi connectivity index (χ2n) is 3.85. The number of rotatable bonds is 3. The minimum Gasteiger partial charge on any atom is -0.315 e. The van der Waals surface area contributed by atoms with E-state index in [0.29, 0.717) is 15.4 Å². The van der Waals surface area contributed by atoms with Gasteiger partial charge in [0.25, 0.3) is 0 Å². The van der Waals surface area contributed by atoms with Crippen LogP contribution >= 0.6 is 38.9 Å². The highest BCUT2D eigenvalue weighted by atomic mass is 79.9. The molecule has 0 saturated carbocycles. The minimum atomic E-state index is -3.45. The molecule has 1 aromatic rings. The molecule has 1 unspecified atom stereocenters. The molecule has 0 amide bonds. The number of nitrogens with one attached hydrogen (secondary N) is 2. The average molecular weight is 360 g/mol. The van der Waals surface area contributed by atoms with E-state index >= 15 is 0 Å². The zero-order valence-electron chi connectivity index (χ0n) is 8.87. The van der Waals surface area contributed by atoms with Crippen LogP contribution < -0.4 is 10.0 Å². The summed E-state index contributed by atoms with van der Waals surface area (Å²) >= 11 is 10.2. The molecule has 2 heterocycles. The highest BCUT2D eigenvalue weighted by molar-refractivity contribution is 9.11. The zero-order valence-corrected chi connectivity index (χ0v) is 12.8. The van der Waals surface area contributed by atoms with E-state index in [1.807, 2.05) is 0 Å². The lowest BCUT2D eigenvalue weighted by Crippen LogP contribution is -2.45. The van der Waals surface area contributed by atoms with E-state index in [4.69, 9.17) is 11.6 Å². The Kier molecular flexibility index (Phi) is 4.49. The molecule has 0 spiro atoms. The Morgan fingerprint density at radius 1 is 1.59 bits per heavy atom. The zero-order chi connectivity index (χ0) is 12.5. The van der Waals surface area contributed by atoms with Gasteiger partial charge in [-0.2, -0.15) is 0 Å². The number of sulfonamides is 1. The molecule has 96 valence electrons. The Morgan fingerprint density at radius 2 is 2.35 bits per heavy atom. The maximum absolute atomic E-state index is 12.1. The quantitative estimate of drug-likeness (QED) is 0.870. The normalized spacial score (nSPS) is 21.6. The summed E-state index contributed by atoms with van der Waals surface area (Å²) in [5.74, 6) is 0. The topological polar surface area (TPSA) is 58.2 Å². The van der Waals surface area contributed by atoms with Gasteiger partial charge in [0.05, 0.1) is 8.81 Å². The molecule has 2 rings (SSSR count). The Labute approximate surface area is 118 Å². The van der Waals surface area contributed by atoms with E-state index in [9.17, 15) is 8.42 Å². The third kappa shape index (κ3) is 3.42. The van der Waals surface area contributed by atoms with Crippen LogP contribution in [-0.2, 0) is 10.0 Å². The summed E-state index contributed by atoms with van der Waals surface area (Å²) in [7, 11) is -3.45. The highest BCUT2D eigenvalue weighted by Crippen LogP contribution is 2.34. The molecular weight excluding hydrogens is 348 g/mol. The van der Waals surface area contributed by atoms with Crippen LogP contribution in [0.1, 0.15) is 12.8 Å². The monoisotopic (exact) mass is 358 g/mol. The van der Waals surface area contributed by atoms with Gasteiger partial charge >= 0.3 is 0 Å². The summed E-state index contributed by atoms with van der Waals surface area (Å²) < 4.78 is 27.7. The Morgan fingerprint density at radius 3 is 2.88 bits per heavy atom. The smallest absolute Gasteiger partial charge is 0.250 e. The molecule has 0 aliphatic carbocycles. The lowest BCUT2D eigenvalue weighted by atomic mass is 10.1. The van der Waals surface area contributed by atoms with Gasteiger partial charge in [-0.15, -0.1) is 11.3 Å². The second kappa shape index (κ2) is 5.54. The molecule has 1 atom stereocenters. The Hall–Kier alpha value is 0.340. The van der Waals surface area contributed by atoms with Crippen molar-refractivity contribution in [3.63, 3.8) is 0 Å². The van der Waals surface area contributed by atoms with E-state index < -0.39 is 10.0 Å². The van der Waals surface area contributed by atoms with Crippen LogP contribution in [0.15, 0.2) is 14.1 Å². The largest absolute Gasteiger partial charge is 0.315 e. The molecule has 0 radical (unpaired) electrons. The van der Waals surface area contributed by atoms with Crippen molar-refractivity contribution in [2.45, 2.75) is 23.1 Å². The molecule has 1 fully saturated rings. The van der Waals surface area contributed by atoms with Crippen LogP contribution in [0.2, 0.25) is 5.02 Å². The van der Waals surface area contributed by atoms with Crippen molar-refractivity contribution in [2.75, 3.05) is 13.1 Å². The van der Waals surface area contributed by atoms with Gasteiger partial charge in [-0.05, 0) is 41.4 Å². The lowest BCUT2D eigenvalue weighted by Gasteiger charge is -2.23. The van der Waals surface area contributed by atoms with Crippen molar-refractivity contribution in [1.82, 2.24) is 10.0 Å². The van der Waals surface area contributed by atoms with E-state index in [1.54, 1.807) is 0 Å². The van der Waals surface area contributed by atoms with Crippen molar-refractivity contribution < 1.29 is 8.42 Å². The number of halogens is 2. The van der Waals surface area contributed by atoms with Crippen molar-refractivity contribution >= 4 is 48.9 Å². The third-order valence-electron chi connectivity index (χ3n) is 2.51. The number of hydrogen-bond donors (Lipinski definition) is 2. The Bertz CT molecular complexity index is 478. The van der Waals surface area contributed by atoms with Gasteiger partial charge < -0.3 is 5.32 Å². The molecule has 1 aliphatic rings. The van der Waals surface area contributed by atoms with E-state index in [1.165, 1.54) is 6.07 Å². The molecule has 2 N–H and O–H groups in total. The van der Waals surface area contributed by atoms with Crippen LogP contribution in [0.25, 0.3) is 0 Å². The van der Waals surface area contributed by atoms with E-state index in [2.05, 4.69) is 26.0 Å². The number of hydrogen-bond acceptors (Lipinski definition) is 4. The van der Waals surface area contributed by atoms with Crippen LogP contribution in [0, 0.1) is 0 Å². The summed E-state index contributed by atoms with van der Waals surface area (Å²) in [6, 6.07) is 1.43. The van der Waals surface area contributed by atoms with Crippen LogP contribution in [0.4, 0.5) is 0 Å². The van der Waals surface area contributed by atoms with Crippen molar-refractivity contribution in [3.05, 3.63) is 14.9 Å². The first-order chi connectivity index (χ1) is 7.99. The molecule has 17 heavy (non-hydrogen) atoms. The van der Waals surface area contributed by atoms with Gasteiger partial charge in [-0.1, -0.05) is 11.6 Å². The van der Waals surface area contributed by atoms with Gasteiger partial charge in [-0.25, -0.2) is 13.1 Å². The maximum atomic E-state index is 12.1. The lowest BCUT2D eigenvalue weighted by molar-refractivity contribution is 0.429. The fraction of sp³-hybridized carbons (Fsp3) is 0.556. The molecule has 0 bridgehead atoms. The van der Waals surface area contributed by atoms with E-state index in [0.717, 1.165) is 30.7 Å². The molecule has 1 saturated heterocycles. The minimum absolute atomic E-state index is 0.0339. The third-order valence-corrected chi connectivity index (χ3v) is 6.97.